The van der Waals surface area contributed by atoms with Crippen LogP contribution >= 0.6 is 0 Å². The Bertz CT molecular complexity index is 461. The molecular formula is C10H9NO3. The number of hydrogen-bond acceptors (Lipinski definition) is 4. The largest absolute Gasteiger partial charge is 0.469 e. The number of methoxy groups -OCH3 is 1. The van der Waals surface area contributed by atoms with Gasteiger partial charge in [0.2, 0.25) is 0 Å². The Morgan fingerprint density at radius 3 is 3.21 bits per heavy atom. The van der Waals surface area contributed by atoms with Crippen LogP contribution in [0.3, 0.4) is 0 Å². The molecule has 2 rings (SSSR count). The summed E-state index contributed by atoms with van der Waals surface area (Å²) in [5.41, 5.74) is 2.35. The first-order chi connectivity index (χ1) is 6.79. The van der Waals surface area contributed by atoms with Gasteiger partial charge in [0.15, 0.2) is 12.0 Å². The second kappa shape index (κ2) is 3.49. The number of aromatic nitrogens is 1. The molecule has 0 fully saturated rings. The fourth-order valence-corrected chi connectivity index (χ4v) is 1.25. The van der Waals surface area contributed by atoms with E-state index in [0.29, 0.717) is 0 Å². The molecule has 0 saturated carbocycles. The maximum Gasteiger partial charge on any atom is 0.309 e. The predicted molar refractivity (Wildman–Crippen MR) is 49.7 cm³/mol. The summed E-state index contributed by atoms with van der Waals surface area (Å²) in [6.45, 7) is 0. The van der Waals surface area contributed by atoms with E-state index < -0.39 is 0 Å². The molecule has 0 unspecified atom stereocenters. The normalized spacial score (nSPS) is 10.4. The summed E-state index contributed by atoms with van der Waals surface area (Å²) < 4.78 is 9.64. The van der Waals surface area contributed by atoms with E-state index in [9.17, 15) is 4.79 Å². The number of carbonyl (C=O) groups excluding carboxylic acids is 1. The summed E-state index contributed by atoms with van der Waals surface area (Å²) >= 11 is 0. The Kier molecular flexibility index (Phi) is 2.18. The van der Waals surface area contributed by atoms with Gasteiger partial charge < -0.3 is 9.15 Å². The Labute approximate surface area is 80.5 Å². The molecule has 1 aromatic heterocycles. The number of nitrogens with zero attached hydrogens (tertiary/aromatic N) is 1. The second-order valence-electron chi connectivity index (χ2n) is 2.91. The van der Waals surface area contributed by atoms with Crippen molar-refractivity contribution in [2.75, 3.05) is 7.11 Å². The molecule has 0 N–H and O–H groups in total. The van der Waals surface area contributed by atoms with Gasteiger partial charge in [0.05, 0.1) is 13.5 Å². The molecule has 0 aliphatic carbocycles. The zero-order chi connectivity index (χ0) is 9.97. The zero-order valence-corrected chi connectivity index (χ0v) is 7.69. The molecule has 0 saturated heterocycles. The van der Waals surface area contributed by atoms with Crippen molar-refractivity contribution in [2.45, 2.75) is 6.42 Å². The first-order valence-corrected chi connectivity index (χ1v) is 4.18. The van der Waals surface area contributed by atoms with Gasteiger partial charge in [0.25, 0.3) is 0 Å². The molecule has 1 heterocycles. The van der Waals surface area contributed by atoms with Gasteiger partial charge in [-0.25, -0.2) is 4.98 Å². The maximum absolute atomic E-state index is 11.0. The fourth-order valence-electron chi connectivity index (χ4n) is 1.25. The number of hydrogen-bond donors (Lipinski definition) is 0. The van der Waals surface area contributed by atoms with Crippen LogP contribution in [0.5, 0.6) is 0 Å². The highest BCUT2D eigenvalue weighted by atomic mass is 16.5. The second-order valence-corrected chi connectivity index (χ2v) is 2.91. The summed E-state index contributed by atoms with van der Waals surface area (Å²) in [5, 5.41) is 0. The Hall–Kier alpha value is -1.84. The Morgan fingerprint density at radius 2 is 2.43 bits per heavy atom. The van der Waals surface area contributed by atoms with Crippen molar-refractivity contribution in [1.29, 1.82) is 0 Å². The van der Waals surface area contributed by atoms with E-state index in [0.717, 1.165) is 16.7 Å². The molecule has 0 spiro atoms. The van der Waals surface area contributed by atoms with Crippen LogP contribution in [0.2, 0.25) is 0 Å². The van der Waals surface area contributed by atoms with E-state index in [1.165, 1.54) is 13.5 Å². The summed E-state index contributed by atoms with van der Waals surface area (Å²) in [5.74, 6) is -0.257. The topological polar surface area (TPSA) is 52.3 Å². The highest BCUT2D eigenvalue weighted by Crippen LogP contribution is 2.14. The molecular weight excluding hydrogens is 182 g/mol. The SMILES string of the molecule is COC(=O)Cc1ccc2ocnc2c1. The number of esters is 1. The van der Waals surface area contributed by atoms with Gasteiger partial charge in [-0.2, -0.15) is 0 Å². The number of carbonyl (C=O) groups is 1. The Balaban J connectivity index is 2.30. The first kappa shape index (κ1) is 8.74. The third-order valence-electron chi connectivity index (χ3n) is 1.97. The van der Waals surface area contributed by atoms with Gasteiger partial charge in [0.1, 0.15) is 5.52 Å². The maximum atomic E-state index is 11.0. The molecule has 0 aliphatic rings. The van der Waals surface area contributed by atoms with Crippen LogP contribution in [0.4, 0.5) is 0 Å². The minimum Gasteiger partial charge on any atom is -0.469 e. The summed E-state index contributed by atoms with van der Waals surface area (Å²) in [6, 6.07) is 5.43. The van der Waals surface area contributed by atoms with E-state index in [1.807, 2.05) is 12.1 Å². The molecule has 0 aliphatic heterocycles. The highest BCUT2D eigenvalue weighted by molar-refractivity contribution is 5.77. The van der Waals surface area contributed by atoms with Crippen LogP contribution in [0, 0.1) is 0 Å². The van der Waals surface area contributed by atoms with Gasteiger partial charge in [0, 0.05) is 0 Å². The third kappa shape index (κ3) is 1.59. The summed E-state index contributed by atoms with van der Waals surface area (Å²) in [7, 11) is 1.37. The molecule has 0 bridgehead atoms. The van der Waals surface area contributed by atoms with Crippen LogP contribution in [-0.2, 0) is 16.0 Å². The van der Waals surface area contributed by atoms with Crippen molar-refractivity contribution in [1.82, 2.24) is 4.98 Å². The zero-order valence-electron chi connectivity index (χ0n) is 7.69. The minimum atomic E-state index is -0.257. The summed E-state index contributed by atoms with van der Waals surface area (Å²) in [6.07, 6.45) is 1.64. The van der Waals surface area contributed by atoms with E-state index in [-0.39, 0.29) is 12.4 Å². The lowest BCUT2D eigenvalue weighted by atomic mass is 10.1. The number of fused-ring (bicyclic) bond motifs is 1. The molecule has 72 valence electrons. The Morgan fingerprint density at radius 1 is 1.57 bits per heavy atom. The van der Waals surface area contributed by atoms with Crippen molar-refractivity contribution in [3.63, 3.8) is 0 Å². The lowest BCUT2D eigenvalue weighted by Gasteiger charge is -1.98. The van der Waals surface area contributed by atoms with Crippen LogP contribution in [0.25, 0.3) is 11.1 Å². The van der Waals surface area contributed by atoms with Crippen molar-refractivity contribution < 1.29 is 13.9 Å². The van der Waals surface area contributed by atoms with Crippen molar-refractivity contribution in [2.24, 2.45) is 0 Å². The van der Waals surface area contributed by atoms with Crippen LogP contribution < -0.4 is 0 Å². The molecule has 4 nitrogen and oxygen atoms in total. The number of ether oxygens (including phenoxy) is 1. The van der Waals surface area contributed by atoms with Gasteiger partial charge >= 0.3 is 5.97 Å². The monoisotopic (exact) mass is 191 g/mol. The van der Waals surface area contributed by atoms with Gasteiger partial charge in [-0.1, -0.05) is 6.07 Å². The van der Waals surface area contributed by atoms with E-state index in [4.69, 9.17) is 4.42 Å². The van der Waals surface area contributed by atoms with Crippen LogP contribution in [0.1, 0.15) is 5.56 Å². The average Bonchev–Trinajstić information content (AvgIpc) is 2.64. The molecule has 1 aromatic carbocycles. The third-order valence-corrected chi connectivity index (χ3v) is 1.97. The lowest BCUT2D eigenvalue weighted by molar-refractivity contribution is -0.139. The fraction of sp³-hybridized carbons (Fsp3) is 0.200. The van der Waals surface area contributed by atoms with Gasteiger partial charge in [-0.3, -0.25) is 4.79 Å². The first-order valence-electron chi connectivity index (χ1n) is 4.18. The quantitative estimate of drug-likeness (QED) is 0.675. The summed E-state index contributed by atoms with van der Waals surface area (Å²) in [4.78, 5) is 15.0. The lowest BCUT2D eigenvalue weighted by Crippen LogP contribution is -2.03. The van der Waals surface area contributed by atoms with Crippen LogP contribution in [-0.4, -0.2) is 18.1 Å². The predicted octanol–water partition coefficient (Wildman–Crippen LogP) is 1.54. The molecule has 2 aromatic rings. The molecule has 0 radical (unpaired) electrons. The van der Waals surface area contributed by atoms with Crippen molar-refractivity contribution >= 4 is 17.1 Å². The van der Waals surface area contributed by atoms with E-state index >= 15 is 0 Å². The smallest absolute Gasteiger partial charge is 0.309 e. The van der Waals surface area contributed by atoms with Crippen LogP contribution in [0.15, 0.2) is 29.0 Å². The average molecular weight is 191 g/mol. The van der Waals surface area contributed by atoms with E-state index in [2.05, 4.69) is 9.72 Å². The van der Waals surface area contributed by atoms with Gasteiger partial charge in [-0.15, -0.1) is 0 Å². The molecule has 0 amide bonds. The van der Waals surface area contributed by atoms with Gasteiger partial charge in [-0.05, 0) is 17.7 Å². The number of rotatable bonds is 2. The molecule has 0 atom stereocenters. The van der Waals surface area contributed by atoms with Crippen molar-refractivity contribution in [3.8, 4) is 0 Å². The highest BCUT2D eigenvalue weighted by Gasteiger charge is 2.05. The number of oxazole rings is 1. The number of benzene rings is 1. The molecule has 4 heteroatoms. The molecule has 14 heavy (non-hydrogen) atoms. The standard InChI is InChI=1S/C10H9NO3/c1-13-10(12)5-7-2-3-9-8(4-7)11-6-14-9/h2-4,6H,5H2,1H3. The minimum absolute atomic E-state index is 0.257. The van der Waals surface area contributed by atoms with E-state index in [1.54, 1.807) is 6.07 Å². The van der Waals surface area contributed by atoms with Crippen molar-refractivity contribution in [3.05, 3.63) is 30.2 Å².